The zero-order chi connectivity index (χ0) is 37.6. The maximum absolute atomic E-state index is 2.44. The Kier molecular flexibility index (Phi) is 7.39. The van der Waals surface area contributed by atoms with Gasteiger partial charge in [-0.15, -0.1) is 0 Å². The first-order chi connectivity index (χ1) is 26.5. The summed E-state index contributed by atoms with van der Waals surface area (Å²) in [7, 11) is 0. The molecule has 0 bridgehead atoms. The summed E-state index contributed by atoms with van der Waals surface area (Å²) in [5, 5.41) is 7.77. The van der Waals surface area contributed by atoms with Crippen molar-refractivity contribution in [2.24, 2.45) is 0 Å². The van der Waals surface area contributed by atoms with Crippen LogP contribution in [0.3, 0.4) is 0 Å². The Bertz CT molecular complexity index is 2890. The molecule has 9 aromatic carbocycles. The zero-order valence-corrected chi connectivity index (χ0v) is 32.5. The molecule has 0 aromatic heterocycles. The van der Waals surface area contributed by atoms with Gasteiger partial charge in [0, 0.05) is 22.2 Å². The van der Waals surface area contributed by atoms with Crippen LogP contribution in [-0.2, 0) is 10.8 Å². The molecule has 0 N–H and O–H groups in total. The molecule has 1 aliphatic carbocycles. The van der Waals surface area contributed by atoms with Crippen LogP contribution in [0, 0.1) is 6.92 Å². The molecule has 0 fully saturated rings. The maximum Gasteiger partial charge on any atom is 0.0540 e. The van der Waals surface area contributed by atoms with Crippen LogP contribution in [0.25, 0.3) is 65.7 Å². The third-order valence-electron chi connectivity index (χ3n) is 12.3. The number of hydrogen-bond donors (Lipinski definition) is 0. The molecule has 10 rings (SSSR count). The van der Waals surface area contributed by atoms with Crippen molar-refractivity contribution >= 4 is 49.4 Å². The molecule has 0 amide bonds. The van der Waals surface area contributed by atoms with Crippen LogP contribution in [0.1, 0.15) is 56.9 Å². The highest BCUT2D eigenvalue weighted by molar-refractivity contribution is 6.25. The third kappa shape index (κ3) is 5.36. The van der Waals surface area contributed by atoms with E-state index < -0.39 is 0 Å². The molecule has 0 aliphatic heterocycles. The van der Waals surface area contributed by atoms with E-state index in [0.717, 1.165) is 11.4 Å². The van der Waals surface area contributed by atoms with Gasteiger partial charge >= 0.3 is 0 Å². The molecule has 0 saturated carbocycles. The zero-order valence-electron chi connectivity index (χ0n) is 32.5. The van der Waals surface area contributed by atoms with E-state index in [4.69, 9.17) is 0 Å². The summed E-state index contributed by atoms with van der Waals surface area (Å²) in [6.07, 6.45) is 0. The van der Waals surface area contributed by atoms with Gasteiger partial charge in [0.2, 0.25) is 0 Å². The van der Waals surface area contributed by atoms with Gasteiger partial charge in [-0.1, -0.05) is 162 Å². The van der Waals surface area contributed by atoms with Crippen LogP contribution >= 0.6 is 0 Å². The van der Waals surface area contributed by atoms with Gasteiger partial charge < -0.3 is 4.90 Å². The Labute approximate surface area is 324 Å². The summed E-state index contributed by atoms with van der Waals surface area (Å²) >= 11 is 0. The van der Waals surface area contributed by atoms with E-state index in [0.29, 0.717) is 0 Å². The molecule has 0 spiro atoms. The molecule has 9 aromatic rings. The van der Waals surface area contributed by atoms with Crippen molar-refractivity contribution in [3.63, 3.8) is 0 Å². The number of aryl methyl sites for hydroxylation is 1. The van der Waals surface area contributed by atoms with Crippen molar-refractivity contribution in [2.45, 2.75) is 52.4 Å². The average molecular weight is 708 g/mol. The maximum atomic E-state index is 2.44. The lowest BCUT2D eigenvalue weighted by Crippen LogP contribution is -2.15. The fraction of sp³-hybridized carbons (Fsp3) is 0.148. The number of fused-ring (bicyclic) bond motifs is 3. The largest absolute Gasteiger partial charge is 0.310 e. The molecule has 0 atom stereocenters. The van der Waals surface area contributed by atoms with Gasteiger partial charge in [0.15, 0.2) is 0 Å². The van der Waals surface area contributed by atoms with Crippen LogP contribution in [-0.4, -0.2) is 0 Å². The summed E-state index contributed by atoms with van der Waals surface area (Å²) in [6, 6.07) is 61.7. The van der Waals surface area contributed by atoms with Gasteiger partial charge in [-0.2, -0.15) is 0 Å². The van der Waals surface area contributed by atoms with Gasteiger partial charge in [-0.05, 0) is 132 Å². The van der Waals surface area contributed by atoms with Crippen LogP contribution < -0.4 is 4.90 Å². The number of hydrogen-bond acceptors (Lipinski definition) is 1. The van der Waals surface area contributed by atoms with Crippen LogP contribution in [0.15, 0.2) is 164 Å². The van der Waals surface area contributed by atoms with Gasteiger partial charge in [-0.25, -0.2) is 0 Å². The molecule has 0 unspecified atom stereocenters. The molecule has 1 nitrogen and oxygen atoms in total. The lowest BCUT2D eigenvalue weighted by molar-refractivity contribution is 0.590. The van der Waals surface area contributed by atoms with Crippen molar-refractivity contribution in [2.75, 3.05) is 4.90 Å². The van der Waals surface area contributed by atoms with Gasteiger partial charge in [0.1, 0.15) is 0 Å². The molecule has 0 heterocycles. The quantitative estimate of drug-likeness (QED) is 0.161. The SMILES string of the molecule is Cc1ccc(-c2ccc3c(c2)C(C)(C)c2cc(-c4ccc(N(c5ccc(C(C)(C)C)cc5)c5ccc6ccc7cccc8ccc5c6c78)cc4)ccc2-3)cc1. The minimum atomic E-state index is -0.105. The molecule has 55 heavy (non-hydrogen) atoms. The highest BCUT2D eigenvalue weighted by Gasteiger charge is 2.36. The lowest BCUT2D eigenvalue weighted by atomic mass is 9.81. The fourth-order valence-electron chi connectivity index (χ4n) is 9.10. The Hall–Kier alpha value is -6.18. The summed E-state index contributed by atoms with van der Waals surface area (Å²) in [4.78, 5) is 2.44. The molecule has 0 radical (unpaired) electrons. The standard InChI is InChI=1S/C54H45N/c1-34-10-12-35(13-11-34)40-19-28-45-46-29-20-41(33-49(46)54(5,6)48(45)32-40)36-16-24-43(25-17-36)55(44-26-22-42(23-27-44)53(2,3)4)50-31-21-39-15-14-37-8-7-9-38-18-30-47(50)52(39)51(37)38/h7-33H,1-6H3. The van der Waals surface area contributed by atoms with E-state index in [1.165, 1.54) is 93.6 Å². The number of rotatable bonds is 5. The van der Waals surface area contributed by atoms with Gasteiger partial charge in [0.05, 0.1) is 5.69 Å². The predicted octanol–water partition coefficient (Wildman–Crippen LogP) is 15.3. The Morgan fingerprint density at radius 3 is 1.49 bits per heavy atom. The monoisotopic (exact) mass is 707 g/mol. The molecule has 0 saturated heterocycles. The number of anilines is 3. The van der Waals surface area contributed by atoms with Crippen molar-refractivity contribution in [3.05, 3.63) is 186 Å². The smallest absolute Gasteiger partial charge is 0.0540 e. The topological polar surface area (TPSA) is 3.24 Å². The van der Waals surface area contributed by atoms with E-state index in [2.05, 4.69) is 210 Å². The highest BCUT2D eigenvalue weighted by atomic mass is 15.1. The summed E-state index contributed by atoms with van der Waals surface area (Å²) in [6.45, 7) is 13.7. The van der Waals surface area contributed by atoms with E-state index in [9.17, 15) is 0 Å². The van der Waals surface area contributed by atoms with Gasteiger partial charge in [-0.3, -0.25) is 0 Å². The van der Waals surface area contributed by atoms with Crippen LogP contribution in [0.5, 0.6) is 0 Å². The average Bonchev–Trinajstić information content (AvgIpc) is 3.42. The van der Waals surface area contributed by atoms with Crippen molar-refractivity contribution < 1.29 is 0 Å². The molecular formula is C54H45N. The second-order valence-corrected chi connectivity index (χ2v) is 17.1. The second kappa shape index (κ2) is 12.2. The molecule has 1 aliphatic rings. The first kappa shape index (κ1) is 33.4. The fourth-order valence-corrected chi connectivity index (χ4v) is 9.10. The van der Waals surface area contributed by atoms with Crippen LogP contribution in [0.2, 0.25) is 0 Å². The normalized spacial score (nSPS) is 13.4. The van der Waals surface area contributed by atoms with Crippen LogP contribution in [0.4, 0.5) is 17.1 Å². The third-order valence-corrected chi connectivity index (χ3v) is 12.3. The minimum absolute atomic E-state index is 0.0766. The molecular weight excluding hydrogens is 663 g/mol. The van der Waals surface area contributed by atoms with Crippen molar-refractivity contribution in [1.82, 2.24) is 0 Å². The van der Waals surface area contributed by atoms with E-state index in [1.54, 1.807) is 0 Å². The Balaban J connectivity index is 1.06. The van der Waals surface area contributed by atoms with Gasteiger partial charge in [0.25, 0.3) is 0 Å². The summed E-state index contributed by atoms with van der Waals surface area (Å²) < 4.78 is 0. The Morgan fingerprint density at radius 2 is 0.927 bits per heavy atom. The molecule has 1 heteroatoms. The first-order valence-electron chi connectivity index (χ1n) is 19.6. The van der Waals surface area contributed by atoms with Crippen molar-refractivity contribution in [3.8, 4) is 33.4 Å². The van der Waals surface area contributed by atoms with E-state index in [1.807, 2.05) is 0 Å². The predicted molar refractivity (Wildman–Crippen MR) is 237 cm³/mol. The van der Waals surface area contributed by atoms with E-state index >= 15 is 0 Å². The highest BCUT2D eigenvalue weighted by Crippen LogP contribution is 2.51. The summed E-state index contributed by atoms with van der Waals surface area (Å²) in [5.41, 5.74) is 16.5. The Morgan fingerprint density at radius 1 is 0.455 bits per heavy atom. The number of benzene rings is 9. The minimum Gasteiger partial charge on any atom is -0.310 e. The number of nitrogens with zero attached hydrogens (tertiary/aromatic N) is 1. The lowest BCUT2D eigenvalue weighted by Gasteiger charge is -2.29. The molecule has 266 valence electrons. The summed E-state index contributed by atoms with van der Waals surface area (Å²) in [5.74, 6) is 0. The first-order valence-corrected chi connectivity index (χ1v) is 19.6. The van der Waals surface area contributed by atoms with Crippen molar-refractivity contribution in [1.29, 1.82) is 0 Å². The second-order valence-electron chi connectivity index (χ2n) is 17.1. The van der Waals surface area contributed by atoms with E-state index in [-0.39, 0.29) is 10.8 Å².